The van der Waals surface area contributed by atoms with Gasteiger partial charge in [0, 0.05) is 13.6 Å². The Morgan fingerprint density at radius 1 is 1.30 bits per heavy atom. The van der Waals surface area contributed by atoms with Gasteiger partial charge in [-0.05, 0) is 43.6 Å². The van der Waals surface area contributed by atoms with Crippen LogP contribution >= 0.6 is 0 Å². The van der Waals surface area contributed by atoms with Crippen LogP contribution in [0.1, 0.15) is 25.3 Å². The average molecular weight is 302 g/mol. The van der Waals surface area contributed by atoms with Gasteiger partial charge < -0.3 is 5.32 Å². The number of benzene rings is 1. The number of hydrogen-bond donors (Lipinski definition) is 1. The molecule has 1 aromatic carbocycles. The largest absolute Gasteiger partial charge is 0.317 e. The average Bonchev–Trinajstić information content (AvgIpc) is 2.38. The molecule has 1 aromatic rings. The summed E-state index contributed by atoms with van der Waals surface area (Å²) in [6, 6.07) is 6.00. The van der Waals surface area contributed by atoms with Gasteiger partial charge in [-0.3, -0.25) is 0 Å². The van der Waals surface area contributed by atoms with E-state index in [1.165, 1.54) is 23.5 Å². The standard InChI is InChI=1S/C14H23FN2O2S/c1-3-8-16-9-5-10-20(18,19)17(2)12-13-6-4-7-14(15)11-13/h4,6-7,11,16H,3,5,8-10,12H2,1-2H3. The van der Waals surface area contributed by atoms with Gasteiger partial charge in [-0.25, -0.2) is 17.1 Å². The van der Waals surface area contributed by atoms with Crippen molar-refractivity contribution in [3.63, 3.8) is 0 Å². The zero-order chi connectivity index (χ0) is 15.0. The van der Waals surface area contributed by atoms with Gasteiger partial charge in [0.15, 0.2) is 0 Å². The SMILES string of the molecule is CCCNCCCS(=O)(=O)N(C)Cc1cccc(F)c1. The molecule has 0 saturated carbocycles. The molecule has 0 saturated heterocycles. The van der Waals surface area contributed by atoms with Crippen molar-refractivity contribution in [2.75, 3.05) is 25.9 Å². The third kappa shape index (κ3) is 5.98. The van der Waals surface area contributed by atoms with Gasteiger partial charge >= 0.3 is 0 Å². The molecule has 0 fully saturated rings. The minimum absolute atomic E-state index is 0.107. The van der Waals surface area contributed by atoms with E-state index in [4.69, 9.17) is 0 Å². The highest BCUT2D eigenvalue weighted by atomic mass is 32.2. The van der Waals surface area contributed by atoms with Crippen molar-refractivity contribution in [1.29, 1.82) is 0 Å². The van der Waals surface area contributed by atoms with E-state index in [1.807, 2.05) is 0 Å². The Hall–Kier alpha value is -0.980. The van der Waals surface area contributed by atoms with Crippen LogP contribution in [0.4, 0.5) is 4.39 Å². The second kappa shape index (κ2) is 8.34. The van der Waals surface area contributed by atoms with E-state index in [2.05, 4.69) is 12.2 Å². The Kier molecular flexibility index (Phi) is 7.12. The number of sulfonamides is 1. The number of hydrogen-bond acceptors (Lipinski definition) is 3. The van der Waals surface area contributed by atoms with Crippen molar-refractivity contribution in [2.24, 2.45) is 0 Å². The van der Waals surface area contributed by atoms with Crippen molar-refractivity contribution >= 4 is 10.0 Å². The second-order valence-electron chi connectivity index (χ2n) is 4.81. The van der Waals surface area contributed by atoms with E-state index in [0.29, 0.717) is 18.5 Å². The summed E-state index contributed by atoms with van der Waals surface area (Å²) in [5.41, 5.74) is 0.653. The molecule has 6 heteroatoms. The predicted molar refractivity (Wildman–Crippen MR) is 79.4 cm³/mol. The highest BCUT2D eigenvalue weighted by Crippen LogP contribution is 2.10. The summed E-state index contributed by atoms with van der Waals surface area (Å²) in [5.74, 6) is -0.243. The van der Waals surface area contributed by atoms with Gasteiger partial charge in [0.25, 0.3) is 0 Å². The number of halogens is 1. The first-order chi connectivity index (χ1) is 9.45. The van der Waals surface area contributed by atoms with Crippen molar-refractivity contribution in [3.8, 4) is 0 Å². The van der Waals surface area contributed by atoms with Gasteiger partial charge in [-0.15, -0.1) is 0 Å². The van der Waals surface area contributed by atoms with Gasteiger partial charge in [0.1, 0.15) is 5.82 Å². The molecular formula is C14H23FN2O2S. The number of rotatable bonds is 9. The van der Waals surface area contributed by atoms with E-state index >= 15 is 0 Å². The maximum atomic E-state index is 13.1. The smallest absolute Gasteiger partial charge is 0.214 e. The predicted octanol–water partition coefficient (Wildman–Crippen LogP) is 1.98. The maximum Gasteiger partial charge on any atom is 0.214 e. The second-order valence-corrected chi connectivity index (χ2v) is 7.00. The van der Waals surface area contributed by atoms with Crippen molar-refractivity contribution < 1.29 is 12.8 Å². The topological polar surface area (TPSA) is 49.4 Å². The molecule has 0 atom stereocenters. The Morgan fingerprint density at radius 3 is 2.70 bits per heavy atom. The minimum Gasteiger partial charge on any atom is -0.317 e. The summed E-state index contributed by atoms with van der Waals surface area (Å²) in [6.07, 6.45) is 1.61. The molecule has 0 aliphatic carbocycles. The highest BCUT2D eigenvalue weighted by Gasteiger charge is 2.17. The van der Waals surface area contributed by atoms with Crippen LogP contribution in [0.2, 0.25) is 0 Å². The zero-order valence-corrected chi connectivity index (χ0v) is 12.9. The van der Waals surface area contributed by atoms with Gasteiger partial charge in [-0.1, -0.05) is 19.1 Å². The van der Waals surface area contributed by atoms with Crippen LogP contribution in [0.5, 0.6) is 0 Å². The van der Waals surface area contributed by atoms with Crippen LogP contribution < -0.4 is 5.32 Å². The first-order valence-corrected chi connectivity index (χ1v) is 8.46. The lowest BCUT2D eigenvalue weighted by Crippen LogP contribution is -2.30. The summed E-state index contributed by atoms with van der Waals surface area (Å²) in [4.78, 5) is 0. The first-order valence-electron chi connectivity index (χ1n) is 6.85. The lowest BCUT2D eigenvalue weighted by Gasteiger charge is -2.17. The molecule has 0 heterocycles. The normalized spacial score (nSPS) is 12.0. The molecule has 1 rings (SSSR count). The molecule has 0 spiro atoms. The molecule has 0 bridgehead atoms. The number of nitrogens with zero attached hydrogens (tertiary/aromatic N) is 1. The van der Waals surface area contributed by atoms with Crippen molar-refractivity contribution in [3.05, 3.63) is 35.6 Å². The third-order valence-electron chi connectivity index (χ3n) is 2.95. The van der Waals surface area contributed by atoms with Crippen molar-refractivity contribution in [1.82, 2.24) is 9.62 Å². The third-order valence-corrected chi connectivity index (χ3v) is 4.84. The quantitative estimate of drug-likeness (QED) is 0.710. The van der Waals surface area contributed by atoms with E-state index in [9.17, 15) is 12.8 Å². The molecule has 0 aromatic heterocycles. The summed E-state index contributed by atoms with van der Waals surface area (Å²) >= 11 is 0. The van der Waals surface area contributed by atoms with Crippen LogP contribution in [0.25, 0.3) is 0 Å². The molecule has 20 heavy (non-hydrogen) atoms. The Labute approximate surface area is 121 Å². The van der Waals surface area contributed by atoms with Gasteiger partial charge in [0.05, 0.1) is 5.75 Å². The number of nitrogens with one attached hydrogen (secondary N) is 1. The Balaban J connectivity index is 2.46. The molecule has 4 nitrogen and oxygen atoms in total. The molecule has 0 radical (unpaired) electrons. The van der Waals surface area contributed by atoms with E-state index in [0.717, 1.165) is 13.0 Å². The fourth-order valence-electron chi connectivity index (χ4n) is 1.83. The first kappa shape index (κ1) is 17.1. The lowest BCUT2D eigenvalue weighted by atomic mass is 10.2. The van der Waals surface area contributed by atoms with E-state index in [-0.39, 0.29) is 18.1 Å². The maximum absolute atomic E-state index is 13.1. The monoisotopic (exact) mass is 302 g/mol. The Bertz CT molecular complexity index is 506. The van der Waals surface area contributed by atoms with E-state index in [1.54, 1.807) is 12.1 Å². The van der Waals surface area contributed by atoms with Gasteiger partial charge in [0.2, 0.25) is 10.0 Å². The van der Waals surface area contributed by atoms with Gasteiger partial charge in [-0.2, -0.15) is 0 Å². The molecule has 0 unspecified atom stereocenters. The van der Waals surface area contributed by atoms with Crippen LogP contribution in [-0.2, 0) is 16.6 Å². The molecule has 0 aliphatic rings. The summed E-state index contributed by atoms with van der Waals surface area (Å²) in [5, 5.41) is 3.17. The minimum atomic E-state index is -3.29. The summed E-state index contributed by atoms with van der Waals surface area (Å²) < 4.78 is 38.5. The zero-order valence-electron chi connectivity index (χ0n) is 12.1. The van der Waals surface area contributed by atoms with Crippen LogP contribution in [0, 0.1) is 5.82 Å². The van der Waals surface area contributed by atoms with Crippen LogP contribution in [0.15, 0.2) is 24.3 Å². The lowest BCUT2D eigenvalue weighted by molar-refractivity contribution is 0.463. The van der Waals surface area contributed by atoms with Crippen LogP contribution in [0.3, 0.4) is 0 Å². The van der Waals surface area contributed by atoms with Crippen molar-refractivity contribution in [2.45, 2.75) is 26.3 Å². The molecular weight excluding hydrogens is 279 g/mol. The summed E-state index contributed by atoms with van der Waals surface area (Å²) in [7, 11) is -1.76. The molecule has 1 N–H and O–H groups in total. The summed E-state index contributed by atoms with van der Waals surface area (Å²) in [6.45, 7) is 3.86. The fourth-order valence-corrected chi connectivity index (χ4v) is 2.99. The molecule has 0 aliphatic heterocycles. The fraction of sp³-hybridized carbons (Fsp3) is 0.571. The van der Waals surface area contributed by atoms with E-state index < -0.39 is 10.0 Å². The molecule has 0 amide bonds. The van der Waals surface area contributed by atoms with Crippen LogP contribution in [-0.4, -0.2) is 38.6 Å². The highest BCUT2D eigenvalue weighted by molar-refractivity contribution is 7.89. The Morgan fingerprint density at radius 2 is 2.05 bits per heavy atom. The molecule has 114 valence electrons.